The molecular formula is C12H26N2O4S. The van der Waals surface area contributed by atoms with E-state index in [4.69, 9.17) is 9.47 Å². The van der Waals surface area contributed by atoms with E-state index in [1.54, 1.807) is 0 Å². The molecule has 0 aromatic rings. The summed E-state index contributed by atoms with van der Waals surface area (Å²) in [7, 11) is -3.40. The summed E-state index contributed by atoms with van der Waals surface area (Å²) in [4.78, 5) is 0. The van der Waals surface area contributed by atoms with Crippen molar-refractivity contribution in [2.75, 3.05) is 26.2 Å². The summed E-state index contributed by atoms with van der Waals surface area (Å²) in [6.45, 7) is 9.46. The van der Waals surface area contributed by atoms with Crippen LogP contribution in [0.25, 0.3) is 0 Å². The van der Waals surface area contributed by atoms with E-state index >= 15 is 0 Å². The van der Waals surface area contributed by atoms with Crippen LogP contribution < -0.4 is 4.72 Å². The predicted octanol–water partition coefficient (Wildman–Crippen LogP) is 0.745. The summed E-state index contributed by atoms with van der Waals surface area (Å²) in [5.74, 6) is 0. The van der Waals surface area contributed by atoms with Gasteiger partial charge in [-0.3, -0.25) is 0 Å². The summed E-state index contributed by atoms with van der Waals surface area (Å²) in [5, 5.41) is 0. The maximum atomic E-state index is 12.1. The molecule has 1 fully saturated rings. The van der Waals surface area contributed by atoms with Gasteiger partial charge < -0.3 is 9.47 Å². The van der Waals surface area contributed by atoms with Crippen molar-refractivity contribution in [2.24, 2.45) is 0 Å². The normalized spacial score (nSPS) is 25.9. The van der Waals surface area contributed by atoms with Crippen LogP contribution in [0.5, 0.6) is 0 Å². The molecule has 1 heterocycles. The standard InChI is InChI=1S/C12H26N2O4S/c1-10(2)17-7-5-6-13-19(15,16)14-8-11(3)18-12(4)9-14/h10-13H,5-9H2,1-4H3/t11-,12+. The van der Waals surface area contributed by atoms with Gasteiger partial charge in [0.15, 0.2) is 0 Å². The van der Waals surface area contributed by atoms with Gasteiger partial charge in [0.2, 0.25) is 0 Å². The molecule has 0 saturated carbocycles. The van der Waals surface area contributed by atoms with Crippen molar-refractivity contribution in [1.82, 2.24) is 9.03 Å². The SMILES string of the molecule is CC(C)OCCCNS(=O)(=O)N1C[C@@H](C)O[C@@H](C)C1. The first-order valence-corrected chi connectivity index (χ1v) is 8.27. The van der Waals surface area contributed by atoms with Crippen molar-refractivity contribution in [2.45, 2.75) is 52.4 Å². The van der Waals surface area contributed by atoms with Crippen LogP contribution in [0.15, 0.2) is 0 Å². The minimum Gasteiger partial charge on any atom is -0.379 e. The molecule has 1 aliphatic rings. The average molecular weight is 294 g/mol. The summed E-state index contributed by atoms with van der Waals surface area (Å²) in [6.07, 6.45) is 0.721. The summed E-state index contributed by atoms with van der Waals surface area (Å²) in [5.41, 5.74) is 0. The van der Waals surface area contributed by atoms with Gasteiger partial charge in [-0.2, -0.15) is 12.7 Å². The van der Waals surface area contributed by atoms with Crippen molar-refractivity contribution in [3.8, 4) is 0 Å². The zero-order chi connectivity index (χ0) is 14.5. The third-order valence-electron chi connectivity index (χ3n) is 2.78. The minimum absolute atomic E-state index is 0.0652. The highest BCUT2D eigenvalue weighted by atomic mass is 32.2. The molecular weight excluding hydrogens is 268 g/mol. The Kier molecular flexibility index (Phi) is 6.68. The largest absolute Gasteiger partial charge is 0.379 e. The maximum Gasteiger partial charge on any atom is 0.279 e. The fraction of sp³-hybridized carbons (Fsp3) is 1.00. The van der Waals surface area contributed by atoms with E-state index in [2.05, 4.69) is 4.72 Å². The molecule has 0 radical (unpaired) electrons. The van der Waals surface area contributed by atoms with Crippen LogP contribution in [0, 0.1) is 0 Å². The monoisotopic (exact) mass is 294 g/mol. The second-order valence-electron chi connectivity index (χ2n) is 5.25. The number of ether oxygens (including phenoxy) is 2. The van der Waals surface area contributed by atoms with E-state index in [1.165, 1.54) is 4.31 Å². The Morgan fingerprint density at radius 1 is 1.32 bits per heavy atom. The fourth-order valence-corrected chi connectivity index (χ4v) is 3.41. The highest BCUT2D eigenvalue weighted by molar-refractivity contribution is 7.87. The zero-order valence-corrected chi connectivity index (χ0v) is 13.1. The van der Waals surface area contributed by atoms with Crippen LogP contribution in [0.1, 0.15) is 34.1 Å². The van der Waals surface area contributed by atoms with Crippen molar-refractivity contribution < 1.29 is 17.9 Å². The highest BCUT2D eigenvalue weighted by Gasteiger charge is 2.30. The van der Waals surface area contributed by atoms with Crippen LogP contribution in [-0.2, 0) is 19.7 Å². The third-order valence-corrected chi connectivity index (χ3v) is 4.33. The Morgan fingerprint density at radius 3 is 2.42 bits per heavy atom. The van der Waals surface area contributed by atoms with E-state index in [1.807, 2.05) is 27.7 Å². The van der Waals surface area contributed by atoms with E-state index < -0.39 is 10.2 Å². The second kappa shape index (κ2) is 7.54. The molecule has 1 saturated heterocycles. The molecule has 1 rings (SSSR count). The molecule has 7 heteroatoms. The first-order chi connectivity index (χ1) is 8.81. The lowest BCUT2D eigenvalue weighted by Crippen LogP contribution is -2.52. The van der Waals surface area contributed by atoms with E-state index in [0.29, 0.717) is 32.7 Å². The molecule has 0 unspecified atom stereocenters. The first kappa shape index (κ1) is 16.8. The van der Waals surface area contributed by atoms with Gasteiger partial charge >= 0.3 is 0 Å². The van der Waals surface area contributed by atoms with Gasteiger partial charge in [0.1, 0.15) is 0 Å². The summed E-state index contributed by atoms with van der Waals surface area (Å²) >= 11 is 0. The van der Waals surface area contributed by atoms with Gasteiger partial charge in [-0.25, -0.2) is 4.72 Å². The van der Waals surface area contributed by atoms with Crippen LogP contribution in [0.3, 0.4) is 0 Å². The number of nitrogens with zero attached hydrogens (tertiary/aromatic N) is 1. The maximum absolute atomic E-state index is 12.1. The number of morpholine rings is 1. The Labute approximate surface area is 116 Å². The summed E-state index contributed by atoms with van der Waals surface area (Å²) in [6, 6.07) is 0. The molecule has 0 spiro atoms. The van der Waals surface area contributed by atoms with E-state index in [0.717, 1.165) is 0 Å². The lowest BCUT2D eigenvalue weighted by Gasteiger charge is -2.34. The molecule has 0 aromatic carbocycles. The summed E-state index contributed by atoms with van der Waals surface area (Å²) < 4.78 is 39.1. The van der Waals surface area contributed by atoms with Crippen LogP contribution in [-0.4, -0.2) is 57.3 Å². The van der Waals surface area contributed by atoms with Gasteiger partial charge in [0.05, 0.1) is 18.3 Å². The highest BCUT2D eigenvalue weighted by Crippen LogP contribution is 2.13. The number of hydrogen-bond acceptors (Lipinski definition) is 4. The predicted molar refractivity (Wildman–Crippen MR) is 74.2 cm³/mol. The molecule has 0 aromatic heterocycles. The van der Waals surface area contributed by atoms with Crippen LogP contribution in [0.4, 0.5) is 0 Å². The molecule has 6 nitrogen and oxygen atoms in total. The Hall–Kier alpha value is -0.210. The quantitative estimate of drug-likeness (QED) is 0.703. The number of hydrogen-bond donors (Lipinski definition) is 1. The molecule has 0 bridgehead atoms. The second-order valence-corrected chi connectivity index (χ2v) is 7.00. The van der Waals surface area contributed by atoms with E-state index in [-0.39, 0.29) is 18.3 Å². The van der Waals surface area contributed by atoms with Crippen molar-refractivity contribution >= 4 is 10.2 Å². The molecule has 1 N–H and O–H groups in total. The van der Waals surface area contributed by atoms with E-state index in [9.17, 15) is 8.42 Å². The van der Waals surface area contributed by atoms with Gasteiger partial charge in [-0.15, -0.1) is 0 Å². The Morgan fingerprint density at radius 2 is 1.89 bits per heavy atom. The molecule has 114 valence electrons. The molecule has 0 amide bonds. The fourth-order valence-electron chi connectivity index (χ4n) is 2.01. The minimum atomic E-state index is -3.40. The first-order valence-electron chi connectivity index (χ1n) is 6.83. The molecule has 1 aliphatic heterocycles. The van der Waals surface area contributed by atoms with Crippen LogP contribution >= 0.6 is 0 Å². The van der Waals surface area contributed by atoms with Gasteiger partial charge in [-0.05, 0) is 34.1 Å². The number of rotatable bonds is 7. The topological polar surface area (TPSA) is 67.9 Å². The average Bonchev–Trinajstić information content (AvgIpc) is 2.26. The zero-order valence-electron chi connectivity index (χ0n) is 12.3. The van der Waals surface area contributed by atoms with Gasteiger partial charge in [-0.1, -0.05) is 0 Å². The number of nitrogens with one attached hydrogen (secondary N) is 1. The smallest absolute Gasteiger partial charge is 0.279 e. The molecule has 0 aliphatic carbocycles. The molecule has 2 atom stereocenters. The van der Waals surface area contributed by atoms with Gasteiger partial charge in [0, 0.05) is 26.2 Å². The lowest BCUT2D eigenvalue weighted by molar-refractivity contribution is -0.0444. The lowest BCUT2D eigenvalue weighted by atomic mass is 10.3. The Balaban J connectivity index is 2.34. The Bertz CT molecular complexity index is 349. The van der Waals surface area contributed by atoms with Crippen LogP contribution in [0.2, 0.25) is 0 Å². The van der Waals surface area contributed by atoms with Crippen molar-refractivity contribution in [3.05, 3.63) is 0 Å². The van der Waals surface area contributed by atoms with Crippen molar-refractivity contribution in [3.63, 3.8) is 0 Å². The van der Waals surface area contributed by atoms with Crippen molar-refractivity contribution in [1.29, 1.82) is 0 Å². The third kappa shape index (κ3) is 6.18. The molecule has 19 heavy (non-hydrogen) atoms. The van der Waals surface area contributed by atoms with Gasteiger partial charge in [0.25, 0.3) is 10.2 Å².